The molecule has 0 radical (unpaired) electrons. The first-order chi connectivity index (χ1) is 9.87. The van der Waals surface area contributed by atoms with E-state index in [1.807, 2.05) is 0 Å². The van der Waals surface area contributed by atoms with Gasteiger partial charge < -0.3 is 20.4 Å². The largest absolute Gasteiger partial charge is 0.481 e. The third-order valence-electron chi connectivity index (χ3n) is 4.32. The van der Waals surface area contributed by atoms with E-state index in [1.165, 1.54) is 4.90 Å². The Bertz CT molecular complexity index is 350. The summed E-state index contributed by atoms with van der Waals surface area (Å²) in [4.78, 5) is 25.1. The molecule has 1 saturated carbocycles. The maximum Gasteiger partial charge on any atom is 0.317 e. The predicted octanol–water partition coefficient (Wildman–Crippen LogP) is 1.82. The van der Waals surface area contributed by atoms with Crippen LogP contribution in [0.15, 0.2) is 0 Å². The third kappa shape index (κ3) is 5.53. The lowest BCUT2D eigenvalue weighted by molar-refractivity contribution is -0.149. The number of urea groups is 1. The fourth-order valence-electron chi connectivity index (χ4n) is 2.73. The van der Waals surface area contributed by atoms with Gasteiger partial charge in [0.1, 0.15) is 0 Å². The number of carbonyl (C=O) groups is 2. The predicted molar refractivity (Wildman–Crippen MR) is 80.1 cm³/mol. The van der Waals surface area contributed by atoms with Gasteiger partial charge in [0, 0.05) is 20.1 Å². The normalized spacial score (nSPS) is 19.4. The van der Waals surface area contributed by atoms with Crippen LogP contribution in [0, 0.1) is 5.41 Å². The van der Waals surface area contributed by atoms with Crippen LogP contribution in [-0.2, 0) is 4.79 Å². The summed E-state index contributed by atoms with van der Waals surface area (Å²) in [6, 6.07) is -0.277. The highest BCUT2D eigenvalue weighted by atomic mass is 16.4. The van der Waals surface area contributed by atoms with E-state index in [9.17, 15) is 19.8 Å². The number of hydrogen-bond acceptors (Lipinski definition) is 3. The van der Waals surface area contributed by atoms with Crippen LogP contribution < -0.4 is 5.32 Å². The van der Waals surface area contributed by atoms with Gasteiger partial charge in [-0.25, -0.2) is 4.79 Å². The van der Waals surface area contributed by atoms with Crippen molar-refractivity contribution in [2.45, 2.75) is 58.0 Å². The van der Waals surface area contributed by atoms with E-state index in [0.29, 0.717) is 25.8 Å². The molecular formula is C15H28N2O4. The Labute approximate surface area is 126 Å². The van der Waals surface area contributed by atoms with Gasteiger partial charge >= 0.3 is 12.0 Å². The number of amides is 2. The summed E-state index contributed by atoms with van der Waals surface area (Å²) in [5, 5.41) is 21.5. The van der Waals surface area contributed by atoms with Crippen molar-refractivity contribution in [3.63, 3.8) is 0 Å². The minimum absolute atomic E-state index is 0.181. The molecule has 6 nitrogen and oxygen atoms in total. The van der Waals surface area contributed by atoms with Gasteiger partial charge in [-0.1, -0.05) is 25.7 Å². The van der Waals surface area contributed by atoms with Crippen LogP contribution in [0.5, 0.6) is 0 Å². The zero-order valence-corrected chi connectivity index (χ0v) is 13.1. The van der Waals surface area contributed by atoms with Gasteiger partial charge in [-0.05, 0) is 26.2 Å². The number of rotatable bonds is 6. The molecule has 1 fully saturated rings. The highest BCUT2D eigenvalue weighted by molar-refractivity contribution is 5.78. The number of nitrogens with one attached hydrogen (secondary N) is 1. The molecule has 2 amide bonds. The molecule has 0 heterocycles. The third-order valence-corrected chi connectivity index (χ3v) is 4.32. The standard InChI is InChI=1S/C15H28N2O4/c1-12(18)7-10-17(2)14(21)16-11-15(13(19)20)8-5-3-4-6-9-15/h12,18H,3-11H2,1-2H3,(H,16,21)(H,19,20). The van der Waals surface area contributed by atoms with Crippen molar-refractivity contribution in [3.05, 3.63) is 0 Å². The van der Waals surface area contributed by atoms with Crippen LogP contribution >= 0.6 is 0 Å². The highest BCUT2D eigenvalue weighted by Crippen LogP contribution is 2.34. The smallest absolute Gasteiger partial charge is 0.317 e. The van der Waals surface area contributed by atoms with Gasteiger partial charge in [-0.3, -0.25) is 4.79 Å². The Morgan fingerprint density at radius 2 is 1.81 bits per heavy atom. The molecule has 1 unspecified atom stereocenters. The monoisotopic (exact) mass is 300 g/mol. The molecule has 122 valence electrons. The van der Waals surface area contributed by atoms with Crippen LogP contribution in [0.4, 0.5) is 4.79 Å². The number of aliphatic carboxylic acids is 1. The van der Waals surface area contributed by atoms with Crippen LogP contribution in [0.25, 0.3) is 0 Å². The van der Waals surface area contributed by atoms with Crippen LogP contribution in [-0.4, -0.2) is 53.4 Å². The number of aliphatic hydroxyl groups excluding tert-OH is 1. The molecule has 0 aromatic heterocycles. The first-order valence-corrected chi connectivity index (χ1v) is 7.78. The van der Waals surface area contributed by atoms with Crippen LogP contribution in [0.3, 0.4) is 0 Å². The lowest BCUT2D eigenvalue weighted by Crippen LogP contribution is -2.47. The van der Waals surface area contributed by atoms with Crippen molar-refractivity contribution in [2.24, 2.45) is 5.41 Å². The summed E-state index contributed by atoms with van der Waals surface area (Å²) in [6.45, 7) is 2.31. The van der Waals surface area contributed by atoms with E-state index in [-0.39, 0.29) is 12.6 Å². The second kappa shape index (κ2) is 8.22. The number of carbonyl (C=O) groups excluding carboxylic acids is 1. The number of carboxylic acids is 1. The molecule has 0 bridgehead atoms. The molecular weight excluding hydrogens is 272 g/mol. The quantitative estimate of drug-likeness (QED) is 0.653. The summed E-state index contributed by atoms with van der Waals surface area (Å²) in [5.74, 6) is -0.809. The number of aliphatic hydroxyl groups is 1. The summed E-state index contributed by atoms with van der Waals surface area (Å²) in [7, 11) is 1.65. The van der Waals surface area contributed by atoms with Crippen molar-refractivity contribution in [1.29, 1.82) is 0 Å². The Morgan fingerprint density at radius 1 is 1.24 bits per heavy atom. The Kier molecular flexibility index (Phi) is 6.95. The summed E-state index contributed by atoms with van der Waals surface area (Å²) >= 11 is 0. The van der Waals surface area contributed by atoms with Crippen molar-refractivity contribution in [2.75, 3.05) is 20.1 Å². The minimum Gasteiger partial charge on any atom is -0.481 e. The van der Waals surface area contributed by atoms with E-state index < -0.39 is 17.5 Å². The fraction of sp³-hybridized carbons (Fsp3) is 0.867. The average molecular weight is 300 g/mol. The SMILES string of the molecule is CC(O)CCN(C)C(=O)NCC1(C(=O)O)CCCCCC1. The molecule has 0 aromatic carbocycles. The maximum atomic E-state index is 12.0. The highest BCUT2D eigenvalue weighted by Gasteiger charge is 2.39. The summed E-state index contributed by atoms with van der Waals surface area (Å²) < 4.78 is 0. The molecule has 0 aromatic rings. The van der Waals surface area contributed by atoms with Crippen molar-refractivity contribution in [1.82, 2.24) is 10.2 Å². The van der Waals surface area contributed by atoms with Gasteiger partial charge in [0.25, 0.3) is 0 Å². The molecule has 0 saturated heterocycles. The summed E-state index contributed by atoms with van der Waals surface area (Å²) in [5.41, 5.74) is -0.822. The van der Waals surface area contributed by atoms with Gasteiger partial charge in [0.05, 0.1) is 11.5 Å². The Morgan fingerprint density at radius 3 is 2.29 bits per heavy atom. The molecule has 1 aliphatic carbocycles. The molecule has 0 aliphatic heterocycles. The topological polar surface area (TPSA) is 89.9 Å². The molecule has 0 spiro atoms. The summed E-state index contributed by atoms with van der Waals surface area (Å²) in [6.07, 6.45) is 5.25. The Hall–Kier alpha value is -1.30. The van der Waals surface area contributed by atoms with Crippen LogP contribution in [0.1, 0.15) is 51.9 Å². The molecule has 1 rings (SSSR count). The van der Waals surface area contributed by atoms with E-state index in [1.54, 1.807) is 14.0 Å². The second-order valence-electron chi connectivity index (χ2n) is 6.22. The lowest BCUT2D eigenvalue weighted by Gasteiger charge is -2.29. The van der Waals surface area contributed by atoms with Gasteiger partial charge in [0.2, 0.25) is 0 Å². The molecule has 21 heavy (non-hydrogen) atoms. The maximum absolute atomic E-state index is 12.0. The van der Waals surface area contributed by atoms with Crippen molar-refractivity contribution < 1.29 is 19.8 Å². The van der Waals surface area contributed by atoms with Crippen LogP contribution in [0.2, 0.25) is 0 Å². The fourth-order valence-corrected chi connectivity index (χ4v) is 2.73. The second-order valence-corrected chi connectivity index (χ2v) is 6.22. The molecule has 1 aliphatic rings. The zero-order valence-electron chi connectivity index (χ0n) is 13.1. The van der Waals surface area contributed by atoms with Crippen molar-refractivity contribution >= 4 is 12.0 Å². The van der Waals surface area contributed by atoms with E-state index in [2.05, 4.69) is 5.32 Å². The number of nitrogens with zero attached hydrogens (tertiary/aromatic N) is 1. The van der Waals surface area contributed by atoms with E-state index >= 15 is 0 Å². The van der Waals surface area contributed by atoms with Gasteiger partial charge in [0.15, 0.2) is 0 Å². The van der Waals surface area contributed by atoms with E-state index in [0.717, 1.165) is 25.7 Å². The first-order valence-electron chi connectivity index (χ1n) is 7.78. The first kappa shape index (κ1) is 17.8. The molecule has 1 atom stereocenters. The average Bonchev–Trinajstić information content (AvgIpc) is 2.68. The number of carboxylic acid groups (broad SMARTS) is 1. The van der Waals surface area contributed by atoms with Crippen molar-refractivity contribution in [3.8, 4) is 0 Å². The lowest BCUT2D eigenvalue weighted by atomic mass is 9.80. The van der Waals surface area contributed by atoms with Gasteiger partial charge in [-0.15, -0.1) is 0 Å². The molecule has 3 N–H and O–H groups in total. The van der Waals surface area contributed by atoms with E-state index in [4.69, 9.17) is 0 Å². The molecule has 6 heteroatoms. The van der Waals surface area contributed by atoms with Gasteiger partial charge in [-0.2, -0.15) is 0 Å². The Balaban J connectivity index is 2.52. The number of hydrogen-bond donors (Lipinski definition) is 3. The zero-order chi connectivity index (χ0) is 15.9. The minimum atomic E-state index is -0.822.